The van der Waals surface area contributed by atoms with Crippen LogP contribution in [0.5, 0.6) is 0 Å². The summed E-state index contributed by atoms with van der Waals surface area (Å²) in [7, 11) is 0. The summed E-state index contributed by atoms with van der Waals surface area (Å²) < 4.78 is 0. The minimum absolute atomic E-state index is 0.222. The van der Waals surface area contributed by atoms with Crippen molar-refractivity contribution in [2.24, 2.45) is 0 Å². The highest BCUT2D eigenvalue weighted by Gasteiger charge is 2.19. The van der Waals surface area contributed by atoms with E-state index in [1.54, 1.807) is 0 Å². The van der Waals surface area contributed by atoms with E-state index in [9.17, 15) is 0 Å². The predicted molar refractivity (Wildman–Crippen MR) is 63.0 cm³/mol. The molecule has 1 aliphatic heterocycles. The third kappa shape index (κ3) is 2.14. The minimum Gasteiger partial charge on any atom is -0.307 e. The van der Waals surface area contributed by atoms with E-state index in [1.807, 2.05) is 30.3 Å². The van der Waals surface area contributed by atoms with Gasteiger partial charge in [-0.1, -0.05) is 30.3 Å². The van der Waals surface area contributed by atoms with E-state index in [-0.39, 0.29) is 6.04 Å². The quantitative estimate of drug-likeness (QED) is 0.839. The van der Waals surface area contributed by atoms with E-state index >= 15 is 0 Å². The van der Waals surface area contributed by atoms with Gasteiger partial charge in [0.1, 0.15) is 0 Å². The summed E-state index contributed by atoms with van der Waals surface area (Å²) >= 11 is 0. The normalized spacial score (nSPS) is 19.4. The maximum absolute atomic E-state index is 4.15. The monoisotopic (exact) mass is 227 g/mol. The molecule has 1 aliphatic rings. The lowest BCUT2D eigenvalue weighted by Crippen LogP contribution is -2.17. The molecule has 5 nitrogen and oxygen atoms in total. The van der Waals surface area contributed by atoms with Gasteiger partial charge in [0.05, 0.1) is 6.04 Å². The van der Waals surface area contributed by atoms with E-state index in [2.05, 4.69) is 25.7 Å². The maximum Gasteiger partial charge on any atom is 0.203 e. The van der Waals surface area contributed by atoms with Crippen LogP contribution in [0.1, 0.15) is 24.7 Å². The van der Waals surface area contributed by atoms with Gasteiger partial charge in [-0.05, 0) is 19.4 Å². The SMILES string of the molecule is c1ccc(-c2nnc(C3CCCN3)nn2)cc1. The van der Waals surface area contributed by atoms with E-state index in [0.29, 0.717) is 11.6 Å². The van der Waals surface area contributed by atoms with Gasteiger partial charge in [-0.3, -0.25) is 0 Å². The summed E-state index contributed by atoms with van der Waals surface area (Å²) in [6.45, 7) is 1.02. The molecule has 17 heavy (non-hydrogen) atoms. The van der Waals surface area contributed by atoms with Gasteiger partial charge in [-0.25, -0.2) is 0 Å². The number of nitrogens with one attached hydrogen (secondary N) is 1. The topological polar surface area (TPSA) is 63.6 Å². The highest BCUT2D eigenvalue weighted by atomic mass is 15.3. The largest absolute Gasteiger partial charge is 0.307 e. The average molecular weight is 227 g/mol. The molecule has 1 atom stereocenters. The maximum atomic E-state index is 4.15. The van der Waals surface area contributed by atoms with Gasteiger partial charge >= 0.3 is 0 Å². The predicted octanol–water partition coefficient (Wildman–Crippen LogP) is 1.36. The Morgan fingerprint density at radius 3 is 2.41 bits per heavy atom. The Balaban J connectivity index is 1.85. The summed E-state index contributed by atoms with van der Waals surface area (Å²) in [6.07, 6.45) is 2.22. The molecule has 2 heterocycles. The number of benzene rings is 1. The van der Waals surface area contributed by atoms with Crippen molar-refractivity contribution in [2.75, 3.05) is 6.54 Å². The summed E-state index contributed by atoms with van der Waals surface area (Å²) in [6, 6.07) is 9.98. The van der Waals surface area contributed by atoms with Crippen molar-refractivity contribution < 1.29 is 0 Å². The van der Waals surface area contributed by atoms with Gasteiger partial charge in [0, 0.05) is 5.56 Å². The first kappa shape index (κ1) is 10.3. The van der Waals surface area contributed by atoms with Gasteiger partial charge in [0.15, 0.2) is 5.82 Å². The number of aromatic nitrogens is 4. The van der Waals surface area contributed by atoms with Gasteiger partial charge < -0.3 is 5.32 Å². The summed E-state index contributed by atoms with van der Waals surface area (Å²) in [4.78, 5) is 0. The summed E-state index contributed by atoms with van der Waals surface area (Å²) in [5, 5.41) is 19.9. The fourth-order valence-corrected chi connectivity index (χ4v) is 1.98. The van der Waals surface area contributed by atoms with Crippen LogP contribution in [0.4, 0.5) is 0 Å². The van der Waals surface area contributed by atoms with Crippen LogP contribution in [0.3, 0.4) is 0 Å². The smallest absolute Gasteiger partial charge is 0.203 e. The summed E-state index contributed by atoms with van der Waals surface area (Å²) in [5.74, 6) is 1.27. The first-order valence-corrected chi connectivity index (χ1v) is 5.79. The second-order valence-corrected chi connectivity index (χ2v) is 4.10. The van der Waals surface area contributed by atoms with Crippen LogP contribution in [0.2, 0.25) is 0 Å². The molecule has 1 aromatic heterocycles. The van der Waals surface area contributed by atoms with Crippen molar-refractivity contribution in [1.82, 2.24) is 25.7 Å². The second kappa shape index (κ2) is 4.55. The molecule has 2 aromatic rings. The van der Waals surface area contributed by atoms with Crippen molar-refractivity contribution in [3.05, 3.63) is 36.2 Å². The lowest BCUT2D eigenvalue weighted by atomic mass is 10.2. The van der Waals surface area contributed by atoms with Gasteiger partial charge in [-0.2, -0.15) is 0 Å². The second-order valence-electron chi connectivity index (χ2n) is 4.10. The van der Waals surface area contributed by atoms with Crippen LogP contribution < -0.4 is 5.32 Å². The number of hydrogen-bond donors (Lipinski definition) is 1. The van der Waals surface area contributed by atoms with Crippen LogP contribution in [0.25, 0.3) is 11.4 Å². The number of nitrogens with zero attached hydrogens (tertiary/aromatic N) is 4. The molecule has 1 unspecified atom stereocenters. The van der Waals surface area contributed by atoms with Gasteiger partial charge in [0.2, 0.25) is 5.82 Å². The molecule has 86 valence electrons. The van der Waals surface area contributed by atoms with Crippen molar-refractivity contribution >= 4 is 0 Å². The zero-order chi connectivity index (χ0) is 11.5. The Kier molecular flexibility index (Phi) is 2.75. The van der Waals surface area contributed by atoms with Crippen molar-refractivity contribution in [2.45, 2.75) is 18.9 Å². The summed E-state index contributed by atoms with van der Waals surface area (Å²) in [5.41, 5.74) is 0.943. The van der Waals surface area contributed by atoms with E-state index in [1.165, 1.54) is 0 Å². The Morgan fingerprint density at radius 1 is 1.00 bits per heavy atom. The fraction of sp³-hybridized carbons (Fsp3) is 0.333. The zero-order valence-corrected chi connectivity index (χ0v) is 9.37. The number of hydrogen-bond acceptors (Lipinski definition) is 5. The van der Waals surface area contributed by atoms with Crippen LogP contribution in [-0.2, 0) is 0 Å². The van der Waals surface area contributed by atoms with Crippen molar-refractivity contribution in [1.29, 1.82) is 0 Å². The zero-order valence-electron chi connectivity index (χ0n) is 9.37. The first-order valence-electron chi connectivity index (χ1n) is 5.79. The molecule has 1 aromatic carbocycles. The van der Waals surface area contributed by atoms with Crippen LogP contribution in [0.15, 0.2) is 30.3 Å². The van der Waals surface area contributed by atoms with Crippen LogP contribution in [-0.4, -0.2) is 26.9 Å². The van der Waals surface area contributed by atoms with Crippen LogP contribution in [0, 0.1) is 0 Å². The Bertz CT molecular complexity index is 476. The molecule has 0 radical (unpaired) electrons. The third-order valence-electron chi connectivity index (χ3n) is 2.90. The minimum atomic E-state index is 0.222. The van der Waals surface area contributed by atoms with E-state index in [4.69, 9.17) is 0 Å². The van der Waals surface area contributed by atoms with Crippen molar-refractivity contribution in [3.8, 4) is 11.4 Å². The molecular weight excluding hydrogens is 214 g/mol. The van der Waals surface area contributed by atoms with Crippen LogP contribution >= 0.6 is 0 Å². The average Bonchev–Trinajstić information content (AvgIpc) is 2.94. The Morgan fingerprint density at radius 2 is 1.76 bits per heavy atom. The Hall–Kier alpha value is -1.88. The van der Waals surface area contributed by atoms with Gasteiger partial charge in [0.25, 0.3) is 0 Å². The molecule has 3 rings (SSSR count). The first-order chi connectivity index (χ1) is 8.43. The van der Waals surface area contributed by atoms with Crippen molar-refractivity contribution in [3.63, 3.8) is 0 Å². The Labute approximate surface area is 99.3 Å². The molecule has 0 aliphatic carbocycles. The molecule has 1 N–H and O–H groups in total. The molecule has 0 saturated carbocycles. The lowest BCUT2D eigenvalue weighted by molar-refractivity contribution is 0.575. The van der Waals surface area contributed by atoms with E-state index in [0.717, 1.165) is 24.9 Å². The molecular formula is C12H13N5. The van der Waals surface area contributed by atoms with E-state index < -0.39 is 0 Å². The highest BCUT2D eigenvalue weighted by molar-refractivity contribution is 5.52. The molecule has 0 spiro atoms. The van der Waals surface area contributed by atoms with Gasteiger partial charge in [-0.15, -0.1) is 20.4 Å². The molecule has 1 saturated heterocycles. The molecule has 1 fully saturated rings. The fourth-order valence-electron chi connectivity index (χ4n) is 1.98. The molecule has 0 bridgehead atoms. The highest BCUT2D eigenvalue weighted by Crippen LogP contribution is 2.19. The third-order valence-corrected chi connectivity index (χ3v) is 2.90. The molecule has 0 amide bonds. The lowest BCUT2D eigenvalue weighted by Gasteiger charge is -2.06. The standard InChI is InChI=1S/C12H13N5/c1-2-5-9(6-3-1)11-14-16-12(17-15-11)10-7-4-8-13-10/h1-3,5-6,10,13H,4,7-8H2. The molecule has 5 heteroatoms. The number of rotatable bonds is 2.